The van der Waals surface area contributed by atoms with Crippen molar-refractivity contribution in [1.82, 2.24) is 5.73 Å². The zero-order chi connectivity index (χ0) is 5.70. The van der Waals surface area contributed by atoms with Crippen LogP contribution in [-0.2, 0) is 0 Å². The topological polar surface area (TPSA) is 23.8 Å². The fourth-order valence-electron chi connectivity index (χ4n) is 0.595. The van der Waals surface area contributed by atoms with Gasteiger partial charge in [0.05, 0.1) is 0 Å². The van der Waals surface area contributed by atoms with Crippen LogP contribution in [0.15, 0.2) is 0 Å². The fourth-order valence-corrected chi connectivity index (χ4v) is 0.595. The highest BCUT2D eigenvalue weighted by Crippen LogP contribution is 2.00. The summed E-state index contributed by atoms with van der Waals surface area (Å²) in [5.41, 5.74) is 6.91. The smallest absolute Gasteiger partial charge is 0.0125 e. The number of hydrogen-bond acceptors (Lipinski definition) is 0. The van der Waals surface area contributed by atoms with Crippen molar-refractivity contribution in [1.29, 1.82) is 0 Å². The van der Waals surface area contributed by atoms with Gasteiger partial charge in [0.2, 0.25) is 0 Å². The first-order chi connectivity index (χ1) is 3.31. The molecule has 0 fully saturated rings. The molecule has 0 aromatic carbocycles. The maximum Gasteiger partial charge on any atom is 0.0125 e. The van der Waals surface area contributed by atoms with Gasteiger partial charge in [-0.05, 0) is 12.3 Å². The van der Waals surface area contributed by atoms with E-state index in [9.17, 15) is 0 Å². The van der Waals surface area contributed by atoms with E-state index >= 15 is 0 Å². The first-order valence-electron chi connectivity index (χ1n) is 2.95. The highest BCUT2D eigenvalue weighted by molar-refractivity contribution is 4.48. The van der Waals surface area contributed by atoms with E-state index in [0.29, 0.717) is 12.5 Å². The van der Waals surface area contributed by atoms with Crippen LogP contribution in [0.25, 0.3) is 0 Å². The van der Waals surface area contributed by atoms with Gasteiger partial charge < -0.3 is 0 Å². The van der Waals surface area contributed by atoms with Crippen LogP contribution >= 0.6 is 0 Å². The summed E-state index contributed by atoms with van der Waals surface area (Å²) >= 11 is 0. The summed E-state index contributed by atoms with van der Waals surface area (Å²) < 4.78 is 0. The third-order valence-corrected chi connectivity index (χ3v) is 1.13. The van der Waals surface area contributed by atoms with Crippen molar-refractivity contribution in [3.8, 4) is 0 Å². The van der Waals surface area contributed by atoms with Crippen LogP contribution in [0, 0.1) is 5.92 Å². The lowest BCUT2D eigenvalue weighted by Gasteiger charge is -2.01. The summed E-state index contributed by atoms with van der Waals surface area (Å²) in [6, 6.07) is 0. The van der Waals surface area contributed by atoms with Crippen LogP contribution in [0.4, 0.5) is 0 Å². The average molecular weight is 100 g/mol. The summed E-state index contributed by atoms with van der Waals surface area (Å²) in [5, 5.41) is 0. The zero-order valence-corrected chi connectivity index (χ0v) is 5.20. The second kappa shape index (κ2) is 4.13. The van der Waals surface area contributed by atoms with Crippen LogP contribution in [0.5, 0.6) is 0 Å². The Morgan fingerprint density at radius 2 is 2.14 bits per heavy atom. The lowest BCUT2D eigenvalue weighted by atomic mass is 10.1. The van der Waals surface area contributed by atoms with E-state index in [1.54, 1.807) is 0 Å². The molecule has 0 spiro atoms. The first-order valence-corrected chi connectivity index (χ1v) is 2.95. The molecule has 43 valence electrons. The quantitative estimate of drug-likeness (QED) is 0.515. The molecule has 0 amide bonds. The highest BCUT2D eigenvalue weighted by atomic mass is 14.5. The minimum Gasteiger partial charge on any atom is -0.258 e. The van der Waals surface area contributed by atoms with Gasteiger partial charge in [0, 0.05) is 6.54 Å². The Balaban J connectivity index is 2.83. The SMILES string of the molecule is CCCC(C)C[NH]. The summed E-state index contributed by atoms with van der Waals surface area (Å²) in [7, 11) is 0. The van der Waals surface area contributed by atoms with Gasteiger partial charge >= 0.3 is 0 Å². The van der Waals surface area contributed by atoms with Gasteiger partial charge in [0.25, 0.3) is 0 Å². The number of nitrogens with one attached hydrogen (secondary N) is 1. The van der Waals surface area contributed by atoms with Crippen LogP contribution in [0.1, 0.15) is 26.7 Å². The fraction of sp³-hybridized carbons (Fsp3) is 1.00. The summed E-state index contributed by atoms with van der Waals surface area (Å²) in [6.45, 7) is 4.87. The molecule has 1 heteroatoms. The second-order valence-corrected chi connectivity index (χ2v) is 2.10. The Bertz CT molecular complexity index is 35.2. The first kappa shape index (κ1) is 6.96. The summed E-state index contributed by atoms with van der Waals surface area (Å²) in [6.07, 6.45) is 2.43. The van der Waals surface area contributed by atoms with E-state index in [1.807, 2.05) is 0 Å². The molecular weight excluding hydrogens is 86.1 g/mol. The Kier molecular flexibility index (Phi) is 4.10. The van der Waals surface area contributed by atoms with Crippen LogP contribution < -0.4 is 5.73 Å². The molecule has 0 aliphatic heterocycles. The molecule has 0 saturated heterocycles. The van der Waals surface area contributed by atoms with Crippen molar-refractivity contribution in [2.45, 2.75) is 26.7 Å². The minimum absolute atomic E-state index is 0.591. The van der Waals surface area contributed by atoms with Gasteiger partial charge in [-0.2, -0.15) is 0 Å². The summed E-state index contributed by atoms with van der Waals surface area (Å²) in [5.74, 6) is 0.616. The largest absolute Gasteiger partial charge is 0.258 e. The normalized spacial score (nSPS) is 14.1. The lowest BCUT2D eigenvalue weighted by molar-refractivity contribution is 0.530. The molecule has 1 radical (unpaired) electrons. The van der Waals surface area contributed by atoms with E-state index in [-0.39, 0.29) is 0 Å². The third-order valence-electron chi connectivity index (χ3n) is 1.13. The Labute approximate surface area is 45.9 Å². The third kappa shape index (κ3) is 3.80. The molecular formula is C6H14N. The second-order valence-electron chi connectivity index (χ2n) is 2.10. The maximum atomic E-state index is 6.91. The van der Waals surface area contributed by atoms with Crippen molar-refractivity contribution in [2.75, 3.05) is 6.54 Å². The average Bonchev–Trinajstić information content (AvgIpc) is 1.68. The number of rotatable bonds is 3. The molecule has 0 rings (SSSR count). The lowest BCUT2D eigenvalue weighted by Crippen LogP contribution is -2.00. The zero-order valence-electron chi connectivity index (χ0n) is 5.20. The van der Waals surface area contributed by atoms with Gasteiger partial charge in [-0.3, -0.25) is 5.73 Å². The van der Waals surface area contributed by atoms with Gasteiger partial charge in [-0.15, -0.1) is 0 Å². The molecule has 0 saturated carbocycles. The molecule has 0 aromatic rings. The maximum absolute atomic E-state index is 6.91. The van der Waals surface area contributed by atoms with Crippen LogP contribution in [-0.4, -0.2) is 6.54 Å². The highest BCUT2D eigenvalue weighted by Gasteiger charge is 1.93. The van der Waals surface area contributed by atoms with Crippen LogP contribution in [0.3, 0.4) is 0 Å². The van der Waals surface area contributed by atoms with Gasteiger partial charge in [0.1, 0.15) is 0 Å². The molecule has 1 N–H and O–H groups in total. The Hall–Kier alpha value is -0.0400. The molecule has 1 unspecified atom stereocenters. The van der Waals surface area contributed by atoms with E-state index in [4.69, 9.17) is 5.73 Å². The van der Waals surface area contributed by atoms with E-state index in [0.717, 1.165) is 0 Å². The Morgan fingerprint density at radius 3 is 2.29 bits per heavy atom. The standard InChI is InChI=1S/C6H14N/c1-3-4-6(2)5-7/h6-7H,3-5H2,1-2H3. The predicted octanol–water partition coefficient (Wildman–Crippen LogP) is 1.71. The van der Waals surface area contributed by atoms with Crippen LogP contribution in [0.2, 0.25) is 0 Å². The molecule has 0 heterocycles. The molecule has 1 nitrogen and oxygen atoms in total. The molecule has 0 aliphatic carbocycles. The van der Waals surface area contributed by atoms with Gasteiger partial charge in [0.15, 0.2) is 0 Å². The minimum atomic E-state index is 0.591. The van der Waals surface area contributed by atoms with E-state index in [2.05, 4.69) is 13.8 Å². The molecule has 0 bridgehead atoms. The van der Waals surface area contributed by atoms with Crippen molar-refractivity contribution < 1.29 is 0 Å². The monoisotopic (exact) mass is 100 g/mol. The Morgan fingerprint density at radius 1 is 1.57 bits per heavy atom. The molecule has 0 aliphatic rings. The molecule has 1 atom stereocenters. The molecule has 7 heavy (non-hydrogen) atoms. The van der Waals surface area contributed by atoms with Crippen molar-refractivity contribution in [3.63, 3.8) is 0 Å². The predicted molar refractivity (Wildman–Crippen MR) is 32.0 cm³/mol. The number of hydrogen-bond donors (Lipinski definition) is 0. The van der Waals surface area contributed by atoms with E-state index < -0.39 is 0 Å². The molecule has 0 aromatic heterocycles. The van der Waals surface area contributed by atoms with Gasteiger partial charge in [-0.25, -0.2) is 0 Å². The summed E-state index contributed by atoms with van der Waals surface area (Å²) in [4.78, 5) is 0. The van der Waals surface area contributed by atoms with Gasteiger partial charge in [-0.1, -0.05) is 20.3 Å². The van der Waals surface area contributed by atoms with E-state index in [1.165, 1.54) is 12.8 Å². The van der Waals surface area contributed by atoms with Crippen molar-refractivity contribution in [2.24, 2.45) is 5.92 Å². The van der Waals surface area contributed by atoms with Crippen molar-refractivity contribution >= 4 is 0 Å². The van der Waals surface area contributed by atoms with Crippen molar-refractivity contribution in [3.05, 3.63) is 0 Å².